The van der Waals surface area contributed by atoms with E-state index in [0.29, 0.717) is 12.8 Å². The van der Waals surface area contributed by atoms with Gasteiger partial charge in [0.2, 0.25) is 0 Å². The van der Waals surface area contributed by atoms with Crippen molar-refractivity contribution in [3.63, 3.8) is 0 Å². The van der Waals surface area contributed by atoms with Crippen LogP contribution in [0.2, 0.25) is 0 Å². The summed E-state index contributed by atoms with van der Waals surface area (Å²) in [6.45, 7) is 4.60. The summed E-state index contributed by atoms with van der Waals surface area (Å²) in [4.78, 5) is 25.2. The van der Waals surface area contributed by atoms with Gasteiger partial charge in [0.1, 0.15) is 10.1 Å². The topological polar surface area (TPSA) is 110 Å². The van der Waals surface area contributed by atoms with Crippen molar-refractivity contribution in [2.45, 2.75) is 237 Å². The first-order valence-electron chi connectivity index (χ1n) is 24.1. The number of carbonyl (C=O) groups is 2. The van der Waals surface area contributed by atoms with E-state index >= 15 is 0 Å². The molecule has 0 amide bonds. The van der Waals surface area contributed by atoms with Crippen LogP contribution in [0, 0.1) is 0 Å². The van der Waals surface area contributed by atoms with Gasteiger partial charge in [0.25, 0.3) is 0 Å². The maximum Gasteiger partial charge on any atom is 1.00 e. The van der Waals surface area contributed by atoms with Crippen LogP contribution < -0.4 is 29.6 Å². The monoisotopic (exact) mass is 853 g/mol. The van der Waals surface area contributed by atoms with E-state index in [1.54, 1.807) is 0 Å². The third kappa shape index (κ3) is 33.8. The summed E-state index contributed by atoms with van der Waals surface area (Å²) in [7, 11) is -5.04. The number of allylic oxidation sites excluding steroid dienone is 2. The van der Waals surface area contributed by atoms with Crippen molar-refractivity contribution < 1.29 is 61.6 Å². The van der Waals surface area contributed by atoms with Crippen LogP contribution in [-0.4, -0.2) is 38.1 Å². The molecule has 0 aliphatic rings. The summed E-state index contributed by atoms with van der Waals surface area (Å²) in [6.07, 6.45) is 51.0. The van der Waals surface area contributed by atoms with Crippen molar-refractivity contribution in [1.82, 2.24) is 0 Å². The number of ether oxygens (including phenoxy) is 2. The van der Waals surface area contributed by atoms with Crippen molar-refractivity contribution in [3.05, 3.63) is 53.6 Å². The maximum absolute atomic E-state index is 13.0. The van der Waals surface area contributed by atoms with Gasteiger partial charge in [-0.2, -0.15) is 0 Å². The second kappa shape index (κ2) is 41.9. The fourth-order valence-corrected chi connectivity index (χ4v) is 8.14. The van der Waals surface area contributed by atoms with Crippen LogP contribution in [0.15, 0.2) is 47.4 Å². The molecule has 0 bridgehead atoms. The molecule has 0 radical (unpaired) electrons. The van der Waals surface area contributed by atoms with E-state index in [4.69, 9.17) is 9.47 Å². The predicted molar refractivity (Wildman–Crippen MR) is 242 cm³/mol. The summed E-state index contributed by atoms with van der Waals surface area (Å²) in [6, 6.07) is 3.57. The van der Waals surface area contributed by atoms with Gasteiger partial charge in [-0.25, -0.2) is 18.0 Å². The molecule has 0 aromatic heterocycles. The van der Waals surface area contributed by atoms with Gasteiger partial charge in [-0.15, -0.1) is 0 Å². The van der Waals surface area contributed by atoms with E-state index in [1.165, 1.54) is 192 Å². The van der Waals surface area contributed by atoms with Crippen LogP contribution in [0.1, 0.15) is 253 Å². The smallest absolute Gasteiger partial charge is 0.744 e. The van der Waals surface area contributed by atoms with Crippen LogP contribution in [-0.2, 0) is 19.6 Å². The number of unbranched alkanes of at least 4 members (excludes halogenated alkanes) is 30. The molecule has 0 aliphatic carbocycles. The summed E-state index contributed by atoms with van der Waals surface area (Å²) in [5, 5.41) is 0. The molecule has 0 unspecified atom stereocenters. The molecule has 1 aromatic carbocycles. The van der Waals surface area contributed by atoms with E-state index < -0.39 is 32.5 Å². The zero-order valence-corrected chi connectivity index (χ0v) is 41.1. The van der Waals surface area contributed by atoms with Gasteiger partial charge in [0, 0.05) is 0 Å². The third-order valence-corrected chi connectivity index (χ3v) is 11.9. The first-order chi connectivity index (χ1) is 28.3. The Labute approximate surface area is 385 Å². The van der Waals surface area contributed by atoms with E-state index in [2.05, 4.69) is 26.0 Å². The molecule has 7 nitrogen and oxygen atoms in total. The van der Waals surface area contributed by atoms with Crippen molar-refractivity contribution in [1.29, 1.82) is 0 Å². The normalized spacial score (nSPS) is 11.7. The molecule has 0 N–H and O–H groups in total. The molecule has 0 atom stereocenters. The Hall–Kier alpha value is -1.45. The fraction of sp³-hybridized carbons (Fsp3) is 0.760. The van der Waals surface area contributed by atoms with Crippen LogP contribution in [0.3, 0.4) is 0 Å². The fourth-order valence-electron chi connectivity index (χ4n) is 7.45. The van der Waals surface area contributed by atoms with Crippen LogP contribution in [0.25, 0.3) is 0 Å². The predicted octanol–water partition coefficient (Wildman–Crippen LogP) is 12.3. The molecule has 1 aromatic rings. The van der Waals surface area contributed by atoms with Gasteiger partial charge in [0.15, 0.2) is 0 Å². The standard InChI is InChI=1S/C50H86O7S.Na/c1-3-5-7-9-11-13-15-17-19-21-23-25-27-29-31-33-35-37-39-44-56-49(51)46-42-41-43-47(58(53,54)55)48(46)50(52)57-45-40-38-36-34-32-30-28-26-24-22-20-18-16-14-12-10-8-6-4-2;/h35-38,41-43H,3-34,39-40,44-45H2,1-2H3,(H,53,54,55);/q;+1/p-1/b37-35+,38-36+;. The van der Waals surface area contributed by atoms with Gasteiger partial charge < -0.3 is 14.0 Å². The molecule has 0 saturated heterocycles. The molecule has 0 aliphatic heterocycles. The molecule has 0 heterocycles. The third-order valence-electron chi connectivity index (χ3n) is 11.0. The number of esters is 2. The minimum absolute atomic E-state index is 0. The van der Waals surface area contributed by atoms with Crippen LogP contribution in [0.4, 0.5) is 0 Å². The summed E-state index contributed by atoms with van der Waals surface area (Å²) in [5.41, 5.74) is -0.847. The number of hydrogen-bond acceptors (Lipinski definition) is 7. The SMILES string of the molecule is CCCCCCCCCCCCCCCCC/C=C/CCOC(=O)c1cccc(S(=O)(=O)[O-])c1C(=O)OCC/C=C/CCCCCCCCCCCCCCCCC.[Na+]. The molecule has 1 rings (SSSR count). The average Bonchev–Trinajstić information content (AvgIpc) is 3.21. The minimum Gasteiger partial charge on any atom is -0.744 e. The largest absolute Gasteiger partial charge is 1.00 e. The van der Waals surface area contributed by atoms with Crippen molar-refractivity contribution in [3.8, 4) is 0 Å². The van der Waals surface area contributed by atoms with Crippen molar-refractivity contribution >= 4 is 22.1 Å². The van der Waals surface area contributed by atoms with Crippen molar-refractivity contribution in [2.24, 2.45) is 0 Å². The van der Waals surface area contributed by atoms with Gasteiger partial charge in [0.05, 0.1) is 29.2 Å². The Bertz CT molecular complexity index is 1310. The second-order valence-corrected chi connectivity index (χ2v) is 17.7. The van der Waals surface area contributed by atoms with E-state index in [-0.39, 0.29) is 48.3 Å². The molecule has 59 heavy (non-hydrogen) atoms. The quantitative estimate of drug-likeness (QED) is 0.0212. The molecule has 0 spiro atoms. The molecule has 334 valence electrons. The van der Waals surface area contributed by atoms with Gasteiger partial charge >= 0.3 is 41.5 Å². The number of benzene rings is 1. The Balaban J connectivity index is 0.0000336. The van der Waals surface area contributed by atoms with Gasteiger partial charge in [-0.3, -0.25) is 0 Å². The summed E-state index contributed by atoms with van der Waals surface area (Å²) < 4.78 is 46.7. The molecule has 9 heteroatoms. The van der Waals surface area contributed by atoms with E-state index in [0.717, 1.165) is 31.7 Å². The zero-order valence-electron chi connectivity index (χ0n) is 38.3. The molecular formula is C50H85NaO7S. The van der Waals surface area contributed by atoms with Gasteiger partial charge in [-0.1, -0.05) is 224 Å². The van der Waals surface area contributed by atoms with Crippen LogP contribution in [0.5, 0.6) is 0 Å². The van der Waals surface area contributed by atoms with E-state index in [1.807, 2.05) is 12.2 Å². The number of hydrogen-bond donors (Lipinski definition) is 0. The molecule has 0 saturated carbocycles. The van der Waals surface area contributed by atoms with Crippen LogP contribution >= 0.6 is 0 Å². The zero-order chi connectivity index (χ0) is 42.2. The van der Waals surface area contributed by atoms with Crippen molar-refractivity contribution in [2.75, 3.05) is 13.2 Å². The number of carbonyl (C=O) groups excluding carboxylic acids is 2. The second-order valence-electron chi connectivity index (χ2n) is 16.4. The Kier molecular flexibility index (Phi) is 40.9. The summed E-state index contributed by atoms with van der Waals surface area (Å²) in [5.74, 6) is -1.89. The molecular weight excluding hydrogens is 768 g/mol. The Morgan fingerprint density at radius 3 is 1.12 bits per heavy atom. The van der Waals surface area contributed by atoms with Gasteiger partial charge in [-0.05, 0) is 50.7 Å². The first kappa shape index (κ1) is 57.5. The minimum atomic E-state index is -5.04. The summed E-state index contributed by atoms with van der Waals surface area (Å²) >= 11 is 0. The van der Waals surface area contributed by atoms with E-state index in [9.17, 15) is 22.6 Å². The number of rotatable bonds is 41. The maximum atomic E-state index is 13.0. The first-order valence-corrected chi connectivity index (χ1v) is 25.5. The Morgan fingerprint density at radius 1 is 0.475 bits per heavy atom. The molecule has 0 fully saturated rings. The Morgan fingerprint density at radius 2 is 0.780 bits per heavy atom. The average molecular weight is 853 g/mol.